The van der Waals surface area contributed by atoms with Crippen molar-refractivity contribution >= 4 is 27.4 Å². The molecule has 0 saturated heterocycles. The normalized spacial score (nSPS) is 11.0. The van der Waals surface area contributed by atoms with Crippen LogP contribution in [0.4, 0.5) is 0 Å². The summed E-state index contributed by atoms with van der Waals surface area (Å²) in [6, 6.07) is 8.28. The van der Waals surface area contributed by atoms with Crippen LogP contribution in [0.3, 0.4) is 0 Å². The van der Waals surface area contributed by atoms with Crippen LogP contribution in [0.2, 0.25) is 0 Å². The first-order chi connectivity index (χ1) is 5.67. The summed E-state index contributed by atoms with van der Waals surface area (Å²) < 4.78 is 22.7. The Labute approximate surface area is 77.1 Å². The van der Waals surface area contributed by atoms with E-state index in [0.717, 1.165) is 0 Å². The van der Waals surface area contributed by atoms with Gasteiger partial charge in [0.15, 0.2) is 9.84 Å². The fourth-order valence-corrected chi connectivity index (χ4v) is 2.29. The summed E-state index contributed by atoms with van der Waals surface area (Å²) >= 11 is 4.50. The maximum atomic E-state index is 11.3. The first kappa shape index (κ1) is 9.35. The van der Waals surface area contributed by atoms with Crippen LogP contribution in [0.5, 0.6) is 0 Å². The summed E-state index contributed by atoms with van der Waals surface area (Å²) in [4.78, 5) is 0.325. The van der Waals surface area contributed by atoms with Gasteiger partial charge in [-0.05, 0) is 17.5 Å². The predicted molar refractivity (Wildman–Crippen MR) is 52.1 cm³/mol. The molecule has 0 bridgehead atoms. The van der Waals surface area contributed by atoms with Crippen molar-refractivity contribution in [3.8, 4) is 0 Å². The molecule has 0 radical (unpaired) electrons. The second-order valence-corrected chi connectivity index (χ2v) is 4.63. The molecule has 0 aromatic heterocycles. The fraction of sp³-hybridized carbons (Fsp3) is 0.125. The van der Waals surface area contributed by atoms with Gasteiger partial charge in [0.05, 0.1) is 10.6 Å². The number of hydrogen-bond donors (Lipinski definition) is 0. The first-order valence-corrected chi connectivity index (χ1v) is 5.50. The molecular weight excluding hydrogens is 192 g/mol. The van der Waals surface area contributed by atoms with E-state index in [9.17, 15) is 8.42 Å². The van der Waals surface area contributed by atoms with Gasteiger partial charge in [0, 0.05) is 0 Å². The predicted octanol–water partition coefficient (Wildman–Crippen LogP) is 1.46. The summed E-state index contributed by atoms with van der Waals surface area (Å²) in [5.41, 5.74) is 0. The molecule has 1 aromatic carbocycles. The number of rotatable bonds is 3. The zero-order valence-corrected chi connectivity index (χ0v) is 7.94. The largest absolute Gasteiger partial charge is 0.223 e. The lowest BCUT2D eigenvalue weighted by Gasteiger charge is -1.98. The Balaban J connectivity index is 3.07. The van der Waals surface area contributed by atoms with Crippen molar-refractivity contribution in [3.05, 3.63) is 30.3 Å². The molecule has 0 N–H and O–H groups in total. The van der Waals surface area contributed by atoms with Crippen LogP contribution < -0.4 is 0 Å². The zero-order valence-electron chi connectivity index (χ0n) is 6.30. The highest BCUT2D eigenvalue weighted by Crippen LogP contribution is 2.08. The number of thiocarbonyl (C=S) groups is 1. The molecule has 12 heavy (non-hydrogen) atoms. The fourth-order valence-electron chi connectivity index (χ4n) is 0.814. The molecule has 0 spiro atoms. The third kappa shape index (κ3) is 2.12. The Morgan fingerprint density at radius 2 is 1.83 bits per heavy atom. The van der Waals surface area contributed by atoms with E-state index in [-0.39, 0.29) is 5.75 Å². The molecule has 0 aliphatic rings. The van der Waals surface area contributed by atoms with Crippen molar-refractivity contribution in [2.75, 3.05) is 5.75 Å². The van der Waals surface area contributed by atoms with E-state index in [1.807, 2.05) is 0 Å². The molecule has 0 fully saturated rings. The highest BCUT2D eigenvalue weighted by molar-refractivity contribution is 7.93. The van der Waals surface area contributed by atoms with Gasteiger partial charge in [0.25, 0.3) is 0 Å². The van der Waals surface area contributed by atoms with E-state index in [4.69, 9.17) is 0 Å². The summed E-state index contributed by atoms with van der Waals surface area (Å²) in [5.74, 6) is -0.0770. The Morgan fingerprint density at radius 3 is 2.33 bits per heavy atom. The molecule has 0 aliphatic carbocycles. The molecule has 4 heteroatoms. The summed E-state index contributed by atoms with van der Waals surface area (Å²) in [5, 5.41) is 1.22. The minimum atomic E-state index is -3.17. The van der Waals surface area contributed by atoms with Gasteiger partial charge in [0.2, 0.25) is 0 Å². The molecule has 0 aliphatic heterocycles. The molecule has 0 heterocycles. The van der Waals surface area contributed by atoms with Gasteiger partial charge in [-0.2, -0.15) is 0 Å². The van der Waals surface area contributed by atoms with Gasteiger partial charge in [-0.15, -0.1) is 0 Å². The van der Waals surface area contributed by atoms with Crippen LogP contribution >= 0.6 is 12.2 Å². The van der Waals surface area contributed by atoms with Crippen molar-refractivity contribution in [1.82, 2.24) is 0 Å². The highest BCUT2D eigenvalue weighted by atomic mass is 32.2. The number of sulfone groups is 1. The Hall–Kier alpha value is -0.740. The van der Waals surface area contributed by atoms with Crippen LogP contribution in [-0.2, 0) is 9.84 Å². The third-order valence-electron chi connectivity index (χ3n) is 1.39. The third-order valence-corrected chi connectivity index (χ3v) is 3.36. The van der Waals surface area contributed by atoms with Crippen molar-refractivity contribution in [1.29, 1.82) is 0 Å². The number of benzene rings is 1. The molecule has 64 valence electrons. The van der Waals surface area contributed by atoms with Crippen molar-refractivity contribution in [2.45, 2.75) is 4.90 Å². The quantitative estimate of drug-likeness (QED) is 0.693. The summed E-state index contributed by atoms with van der Waals surface area (Å²) in [6.45, 7) is 0. The molecule has 0 saturated carbocycles. The van der Waals surface area contributed by atoms with Crippen molar-refractivity contribution < 1.29 is 8.42 Å². The molecule has 0 amide bonds. The summed E-state index contributed by atoms with van der Waals surface area (Å²) in [6.07, 6.45) is 0. The van der Waals surface area contributed by atoms with Gasteiger partial charge < -0.3 is 0 Å². The van der Waals surface area contributed by atoms with E-state index in [1.54, 1.807) is 30.3 Å². The maximum absolute atomic E-state index is 11.3. The topological polar surface area (TPSA) is 34.1 Å². The Kier molecular flexibility index (Phi) is 2.94. The molecule has 0 unspecified atom stereocenters. The molecule has 0 atom stereocenters. The lowest BCUT2D eigenvalue weighted by Crippen LogP contribution is -2.06. The minimum Gasteiger partial charge on any atom is -0.223 e. The second kappa shape index (κ2) is 3.78. The standard InChI is InChI=1S/C8H8O2S2/c9-12(10,7-6-11)8-4-2-1-3-5-8/h1-6H,7H2. The molecular formula is C8H8O2S2. The van der Waals surface area contributed by atoms with Crippen molar-refractivity contribution in [3.63, 3.8) is 0 Å². The Bertz CT molecular complexity index is 354. The Morgan fingerprint density at radius 1 is 1.25 bits per heavy atom. The maximum Gasteiger partial charge on any atom is 0.182 e. The van der Waals surface area contributed by atoms with Crippen LogP contribution in [0.1, 0.15) is 0 Å². The van der Waals surface area contributed by atoms with E-state index >= 15 is 0 Å². The van der Waals surface area contributed by atoms with Crippen LogP contribution in [0, 0.1) is 0 Å². The molecule has 1 rings (SSSR count). The van der Waals surface area contributed by atoms with Gasteiger partial charge in [0.1, 0.15) is 0 Å². The summed E-state index contributed by atoms with van der Waals surface area (Å²) in [7, 11) is -3.17. The zero-order chi connectivity index (χ0) is 9.03. The average molecular weight is 200 g/mol. The van der Waals surface area contributed by atoms with E-state index in [0.29, 0.717) is 4.90 Å². The minimum absolute atomic E-state index is 0.0770. The number of hydrogen-bond acceptors (Lipinski definition) is 3. The highest BCUT2D eigenvalue weighted by Gasteiger charge is 2.10. The second-order valence-electron chi connectivity index (χ2n) is 2.26. The first-order valence-electron chi connectivity index (χ1n) is 3.38. The van der Waals surface area contributed by atoms with Gasteiger partial charge in [-0.25, -0.2) is 8.42 Å². The van der Waals surface area contributed by atoms with Crippen LogP contribution in [0.25, 0.3) is 0 Å². The van der Waals surface area contributed by atoms with E-state index < -0.39 is 9.84 Å². The van der Waals surface area contributed by atoms with Crippen LogP contribution in [-0.4, -0.2) is 19.5 Å². The molecule has 2 nitrogen and oxygen atoms in total. The van der Waals surface area contributed by atoms with Crippen molar-refractivity contribution in [2.24, 2.45) is 0 Å². The smallest absolute Gasteiger partial charge is 0.182 e. The van der Waals surface area contributed by atoms with Gasteiger partial charge >= 0.3 is 0 Å². The average Bonchev–Trinajstić information content (AvgIpc) is 2.06. The van der Waals surface area contributed by atoms with Gasteiger partial charge in [-0.1, -0.05) is 30.4 Å². The monoisotopic (exact) mass is 200 g/mol. The lowest BCUT2D eigenvalue weighted by atomic mass is 10.4. The lowest BCUT2D eigenvalue weighted by molar-refractivity contribution is 0.600. The SMILES string of the molecule is O=S(=O)(CC=S)c1ccccc1. The van der Waals surface area contributed by atoms with E-state index in [1.165, 1.54) is 5.37 Å². The van der Waals surface area contributed by atoms with E-state index in [2.05, 4.69) is 12.2 Å². The van der Waals surface area contributed by atoms with Crippen LogP contribution in [0.15, 0.2) is 35.2 Å². The molecule has 1 aromatic rings. The van der Waals surface area contributed by atoms with Gasteiger partial charge in [-0.3, -0.25) is 0 Å².